The van der Waals surface area contributed by atoms with Gasteiger partial charge in [-0.3, -0.25) is 0 Å². The lowest BCUT2D eigenvalue weighted by atomic mass is 10.3. The highest BCUT2D eigenvalue weighted by Crippen LogP contribution is 2.23. The minimum Gasteiger partial charge on any atom is -0.477 e. The van der Waals surface area contributed by atoms with Crippen LogP contribution in [0.3, 0.4) is 0 Å². The first-order chi connectivity index (χ1) is 9.65. The molecular formula is C12H15N3O3S2. The smallest absolute Gasteiger partial charge is 0.354 e. The quantitative estimate of drug-likeness (QED) is 0.784. The molecule has 2 amide bonds. The van der Waals surface area contributed by atoms with Gasteiger partial charge in [0.15, 0.2) is 0 Å². The number of rotatable bonds is 4. The number of carbonyl (C=O) groups is 2. The summed E-state index contributed by atoms with van der Waals surface area (Å²) in [4.78, 5) is 26.1. The Morgan fingerprint density at radius 1 is 1.40 bits per heavy atom. The first-order valence-electron chi connectivity index (χ1n) is 6.08. The largest absolute Gasteiger partial charge is 0.477 e. The van der Waals surface area contributed by atoms with E-state index in [0.717, 1.165) is 11.5 Å². The molecular weight excluding hydrogens is 298 g/mol. The number of urea groups is 1. The van der Waals surface area contributed by atoms with Crippen LogP contribution in [0, 0.1) is 0 Å². The van der Waals surface area contributed by atoms with Gasteiger partial charge in [0.1, 0.15) is 5.69 Å². The van der Waals surface area contributed by atoms with Crippen LogP contribution in [0.25, 0.3) is 0 Å². The average molecular weight is 313 g/mol. The molecule has 8 heteroatoms. The van der Waals surface area contributed by atoms with Crippen molar-refractivity contribution in [1.29, 1.82) is 0 Å². The van der Waals surface area contributed by atoms with Crippen molar-refractivity contribution in [3.8, 4) is 0 Å². The molecule has 0 aromatic carbocycles. The number of thioether (sulfide) groups is 2. The number of aromatic carboxylic acids is 1. The lowest BCUT2D eigenvalue weighted by Crippen LogP contribution is -2.36. The molecule has 1 unspecified atom stereocenters. The SMILES string of the molecule is O=C(NCC1CSCCS1)Nc1ccc(C(=O)O)nc1. The molecule has 1 saturated heterocycles. The van der Waals surface area contributed by atoms with E-state index in [2.05, 4.69) is 15.6 Å². The molecule has 108 valence electrons. The summed E-state index contributed by atoms with van der Waals surface area (Å²) in [6.45, 7) is 0.629. The van der Waals surface area contributed by atoms with Crippen LogP contribution in [0.15, 0.2) is 18.3 Å². The molecule has 2 rings (SSSR count). The molecule has 0 aliphatic carbocycles. The number of carbonyl (C=O) groups excluding carboxylic acids is 1. The zero-order valence-electron chi connectivity index (χ0n) is 10.7. The lowest BCUT2D eigenvalue weighted by molar-refractivity contribution is 0.0690. The zero-order valence-corrected chi connectivity index (χ0v) is 12.3. The summed E-state index contributed by atoms with van der Waals surface area (Å²) >= 11 is 3.78. The summed E-state index contributed by atoms with van der Waals surface area (Å²) < 4.78 is 0. The van der Waals surface area contributed by atoms with E-state index in [1.54, 1.807) is 0 Å². The zero-order chi connectivity index (χ0) is 14.4. The number of hydrogen-bond donors (Lipinski definition) is 3. The number of nitrogens with one attached hydrogen (secondary N) is 2. The number of hydrogen-bond acceptors (Lipinski definition) is 5. The number of aromatic nitrogens is 1. The van der Waals surface area contributed by atoms with Crippen molar-refractivity contribution >= 4 is 41.2 Å². The Bertz CT molecular complexity index is 475. The van der Waals surface area contributed by atoms with Crippen LogP contribution in [0.5, 0.6) is 0 Å². The van der Waals surface area contributed by atoms with Crippen molar-refractivity contribution in [2.24, 2.45) is 0 Å². The van der Waals surface area contributed by atoms with Crippen LogP contribution in [-0.4, -0.2) is 51.1 Å². The fraction of sp³-hybridized carbons (Fsp3) is 0.417. The predicted octanol–water partition coefficient (Wildman–Crippen LogP) is 1.75. The van der Waals surface area contributed by atoms with Crippen molar-refractivity contribution < 1.29 is 14.7 Å². The number of amides is 2. The fourth-order valence-corrected chi connectivity index (χ4v) is 4.24. The number of pyridine rings is 1. The van der Waals surface area contributed by atoms with E-state index >= 15 is 0 Å². The molecule has 1 aromatic rings. The molecule has 3 N–H and O–H groups in total. The molecule has 0 spiro atoms. The Kier molecular flexibility index (Phi) is 5.54. The van der Waals surface area contributed by atoms with Gasteiger partial charge in [0.25, 0.3) is 0 Å². The third-order valence-electron chi connectivity index (χ3n) is 2.62. The van der Waals surface area contributed by atoms with Crippen LogP contribution < -0.4 is 10.6 Å². The second-order valence-corrected chi connectivity index (χ2v) is 6.70. The van der Waals surface area contributed by atoms with Gasteiger partial charge in [-0.1, -0.05) is 0 Å². The Morgan fingerprint density at radius 2 is 2.25 bits per heavy atom. The summed E-state index contributed by atoms with van der Waals surface area (Å²) in [5.41, 5.74) is 0.421. The van der Waals surface area contributed by atoms with Gasteiger partial charge in [-0.2, -0.15) is 23.5 Å². The molecule has 1 aliphatic heterocycles. The molecule has 0 saturated carbocycles. The Balaban J connectivity index is 1.77. The van der Waals surface area contributed by atoms with Crippen molar-refractivity contribution in [3.63, 3.8) is 0 Å². The second-order valence-electron chi connectivity index (χ2n) is 4.14. The Morgan fingerprint density at radius 3 is 2.85 bits per heavy atom. The van der Waals surface area contributed by atoms with Crippen molar-refractivity contribution in [1.82, 2.24) is 10.3 Å². The van der Waals surface area contributed by atoms with E-state index in [1.807, 2.05) is 23.5 Å². The van der Waals surface area contributed by atoms with E-state index in [0.29, 0.717) is 17.5 Å². The third kappa shape index (κ3) is 4.61. The van der Waals surface area contributed by atoms with Crippen molar-refractivity contribution in [2.45, 2.75) is 5.25 Å². The van der Waals surface area contributed by atoms with E-state index < -0.39 is 5.97 Å². The van der Waals surface area contributed by atoms with E-state index in [4.69, 9.17) is 5.11 Å². The van der Waals surface area contributed by atoms with Gasteiger partial charge in [0.05, 0.1) is 11.9 Å². The highest BCUT2D eigenvalue weighted by Gasteiger charge is 2.15. The monoisotopic (exact) mass is 313 g/mol. The maximum atomic E-state index is 11.7. The highest BCUT2D eigenvalue weighted by atomic mass is 32.2. The van der Waals surface area contributed by atoms with Gasteiger partial charge in [0.2, 0.25) is 0 Å². The summed E-state index contributed by atoms with van der Waals surface area (Å²) in [6.07, 6.45) is 1.33. The number of carboxylic acids is 1. The first kappa shape index (κ1) is 15.0. The predicted molar refractivity (Wildman–Crippen MR) is 81.8 cm³/mol. The van der Waals surface area contributed by atoms with Gasteiger partial charge in [-0.25, -0.2) is 14.6 Å². The molecule has 6 nitrogen and oxygen atoms in total. The van der Waals surface area contributed by atoms with Crippen LogP contribution >= 0.6 is 23.5 Å². The third-order valence-corrected chi connectivity index (χ3v) is 5.46. The van der Waals surface area contributed by atoms with Crippen LogP contribution in [-0.2, 0) is 0 Å². The molecule has 1 atom stereocenters. The first-order valence-corrected chi connectivity index (χ1v) is 8.29. The molecule has 1 aromatic heterocycles. The van der Waals surface area contributed by atoms with Gasteiger partial charge in [0, 0.05) is 29.1 Å². The normalized spacial score (nSPS) is 18.3. The highest BCUT2D eigenvalue weighted by molar-refractivity contribution is 8.06. The molecule has 0 radical (unpaired) electrons. The molecule has 2 heterocycles. The summed E-state index contributed by atoms with van der Waals surface area (Å²) in [7, 11) is 0. The Hall–Kier alpha value is -1.41. The molecule has 0 bridgehead atoms. The van der Waals surface area contributed by atoms with Gasteiger partial charge in [-0.05, 0) is 12.1 Å². The van der Waals surface area contributed by atoms with Crippen molar-refractivity contribution in [2.75, 3.05) is 29.1 Å². The summed E-state index contributed by atoms with van der Waals surface area (Å²) in [6, 6.07) is 2.57. The number of nitrogens with zero attached hydrogens (tertiary/aromatic N) is 1. The van der Waals surface area contributed by atoms with E-state index in [-0.39, 0.29) is 11.7 Å². The van der Waals surface area contributed by atoms with Crippen LogP contribution in [0.2, 0.25) is 0 Å². The van der Waals surface area contributed by atoms with E-state index in [9.17, 15) is 9.59 Å². The molecule has 1 aliphatic rings. The van der Waals surface area contributed by atoms with E-state index in [1.165, 1.54) is 24.1 Å². The van der Waals surface area contributed by atoms with Gasteiger partial charge in [-0.15, -0.1) is 0 Å². The maximum Gasteiger partial charge on any atom is 0.354 e. The van der Waals surface area contributed by atoms with Gasteiger partial charge >= 0.3 is 12.0 Å². The molecule has 20 heavy (non-hydrogen) atoms. The van der Waals surface area contributed by atoms with Crippen molar-refractivity contribution in [3.05, 3.63) is 24.0 Å². The summed E-state index contributed by atoms with van der Waals surface area (Å²) in [5.74, 6) is 2.27. The minimum atomic E-state index is -1.09. The standard InChI is InChI=1S/C12H15N3O3S2/c16-11(17)10-2-1-8(5-13-10)15-12(18)14-6-9-7-19-3-4-20-9/h1-2,5,9H,3-4,6-7H2,(H,16,17)(H2,14,15,18). The fourth-order valence-electron chi connectivity index (χ4n) is 1.63. The second kappa shape index (κ2) is 7.39. The number of carboxylic acid groups (broad SMARTS) is 1. The topological polar surface area (TPSA) is 91.3 Å². The maximum absolute atomic E-state index is 11.7. The van der Waals surface area contributed by atoms with Crippen LogP contribution in [0.1, 0.15) is 10.5 Å². The Labute approximate surface area is 125 Å². The lowest BCUT2D eigenvalue weighted by Gasteiger charge is -2.21. The average Bonchev–Trinajstić information content (AvgIpc) is 2.47. The van der Waals surface area contributed by atoms with Crippen LogP contribution in [0.4, 0.5) is 10.5 Å². The minimum absolute atomic E-state index is 0.0495. The molecule has 1 fully saturated rings. The van der Waals surface area contributed by atoms with Gasteiger partial charge < -0.3 is 15.7 Å². The summed E-state index contributed by atoms with van der Waals surface area (Å²) in [5, 5.41) is 14.6. The number of anilines is 1.